The maximum atomic E-state index is 5.94. The first-order valence-corrected chi connectivity index (χ1v) is 5.81. The summed E-state index contributed by atoms with van der Waals surface area (Å²) in [5.74, 6) is 1.22. The van der Waals surface area contributed by atoms with Gasteiger partial charge in [-0.25, -0.2) is 0 Å². The second kappa shape index (κ2) is 6.18. The van der Waals surface area contributed by atoms with E-state index in [2.05, 4.69) is 10.1 Å². The standard InChI is InChI=1S/C12H14ClN3O.ClH/c1-7(2)10(14)12-15-11(16-17-12)8-4-3-5-9(13)6-8;/h3-7,10H,14H2,1-2H3;1H. The lowest BCUT2D eigenvalue weighted by Crippen LogP contribution is -2.16. The lowest BCUT2D eigenvalue weighted by Gasteiger charge is -2.09. The van der Waals surface area contributed by atoms with Crippen LogP contribution in [0.5, 0.6) is 0 Å². The zero-order valence-electron chi connectivity index (χ0n) is 10.1. The van der Waals surface area contributed by atoms with Gasteiger partial charge in [0, 0.05) is 10.6 Å². The van der Waals surface area contributed by atoms with Crippen LogP contribution in [0.4, 0.5) is 0 Å². The minimum atomic E-state index is -0.240. The fraction of sp³-hybridized carbons (Fsp3) is 0.333. The van der Waals surface area contributed by atoms with Gasteiger partial charge in [-0.2, -0.15) is 4.98 Å². The Morgan fingerprint density at radius 3 is 2.67 bits per heavy atom. The summed E-state index contributed by atoms with van der Waals surface area (Å²) < 4.78 is 5.15. The molecule has 2 aromatic rings. The molecule has 1 aromatic carbocycles. The van der Waals surface area contributed by atoms with Crippen LogP contribution in [0.3, 0.4) is 0 Å². The minimum Gasteiger partial charge on any atom is -0.337 e. The van der Waals surface area contributed by atoms with Crippen LogP contribution in [0.1, 0.15) is 25.8 Å². The molecule has 4 nitrogen and oxygen atoms in total. The van der Waals surface area contributed by atoms with Gasteiger partial charge in [0.1, 0.15) is 0 Å². The van der Waals surface area contributed by atoms with Crippen molar-refractivity contribution in [1.29, 1.82) is 0 Å². The van der Waals surface area contributed by atoms with Gasteiger partial charge >= 0.3 is 0 Å². The molecular weight excluding hydrogens is 273 g/mol. The van der Waals surface area contributed by atoms with E-state index >= 15 is 0 Å². The van der Waals surface area contributed by atoms with Crippen molar-refractivity contribution in [2.24, 2.45) is 11.7 Å². The molecule has 1 unspecified atom stereocenters. The lowest BCUT2D eigenvalue weighted by atomic mass is 10.1. The van der Waals surface area contributed by atoms with E-state index in [0.29, 0.717) is 16.7 Å². The summed E-state index contributed by atoms with van der Waals surface area (Å²) in [6, 6.07) is 7.07. The van der Waals surface area contributed by atoms with Gasteiger partial charge in [-0.1, -0.05) is 42.7 Å². The third-order valence-electron chi connectivity index (χ3n) is 2.53. The van der Waals surface area contributed by atoms with Gasteiger partial charge in [-0.15, -0.1) is 12.4 Å². The molecule has 2 rings (SSSR count). The van der Waals surface area contributed by atoms with Crippen LogP contribution >= 0.6 is 24.0 Å². The smallest absolute Gasteiger partial charge is 0.244 e. The highest BCUT2D eigenvalue weighted by atomic mass is 35.5. The first kappa shape index (κ1) is 15.0. The monoisotopic (exact) mass is 287 g/mol. The predicted molar refractivity (Wildman–Crippen MR) is 73.8 cm³/mol. The summed E-state index contributed by atoms with van der Waals surface area (Å²) in [5, 5.41) is 4.55. The van der Waals surface area contributed by atoms with E-state index in [1.807, 2.05) is 26.0 Å². The number of aromatic nitrogens is 2. The number of benzene rings is 1. The van der Waals surface area contributed by atoms with Crippen molar-refractivity contribution in [1.82, 2.24) is 10.1 Å². The summed E-state index contributed by atoms with van der Waals surface area (Å²) in [6.45, 7) is 4.02. The number of hydrogen-bond donors (Lipinski definition) is 1. The third kappa shape index (κ3) is 3.22. The van der Waals surface area contributed by atoms with Gasteiger partial charge in [-0.3, -0.25) is 0 Å². The third-order valence-corrected chi connectivity index (χ3v) is 2.76. The number of rotatable bonds is 3. The molecule has 98 valence electrons. The van der Waals surface area contributed by atoms with Gasteiger partial charge in [0.25, 0.3) is 0 Å². The van der Waals surface area contributed by atoms with E-state index in [0.717, 1.165) is 5.56 Å². The molecule has 6 heteroatoms. The van der Waals surface area contributed by atoms with Gasteiger partial charge in [-0.05, 0) is 18.1 Å². The molecule has 1 aromatic heterocycles. The normalized spacial score (nSPS) is 12.3. The van der Waals surface area contributed by atoms with Gasteiger partial charge in [0.05, 0.1) is 6.04 Å². The van der Waals surface area contributed by atoms with Crippen molar-refractivity contribution in [3.8, 4) is 11.4 Å². The van der Waals surface area contributed by atoms with E-state index in [1.165, 1.54) is 0 Å². The average Bonchev–Trinajstić information content (AvgIpc) is 2.77. The molecular formula is C12H15Cl2N3O. The Morgan fingerprint density at radius 2 is 2.06 bits per heavy atom. The SMILES string of the molecule is CC(C)C(N)c1nc(-c2cccc(Cl)c2)no1.Cl. The topological polar surface area (TPSA) is 64.9 Å². The first-order chi connectivity index (χ1) is 8.08. The molecule has 1 heterocycles. The Morgan fingerprint density at radius 1 is 1.33 bits per heavy atom. The Kier molecular flexibility index (Phi) is 5.14. The van der Waals surface area contributed by atoms with Crippen LogP contribution in [-0.4, -0.2) is 10.1 Å². The van der Waals surface area contributed by atoms with E-state index in [4.69, 9.17) is 21.9 Å². The Labute approximate surface area is 117 Å². The van der Waals surface area contributed by atoms with E-state index < -0.39 is 0 Å². The van der Waals surface area contributed by atoms with Crippen molar-refractivity contribution < 1.29 is 4.52 Å². The van der Waals surface area contributed by atoms with Crippen molar-refractivity contribution >= 4 is 24.0 Å². The molecule has 0 spiro atoms. The average molecular weight is 288 g/mol. The molecule has 18 heavy (non-hydrogen) atoms. The number of nitrogens with two attached hydrogens (primary N) is 1. The number of nitrogens with zero attached hydrogens (tertiary/aromatic N) is 2. The number of hydrogen-bond acceptors (Lipinski definition) is 4. The van der Waals surface area contributed by atoms with Crippen LogP contribution in [0.2, 0.25) is 5.02 Å². The predicted octanol–water partition coefficient (Wildman–Crippen LogP) is 3.47. The highest BCUT2D eigenvalue weighted by Crippen LogP contribution is 2.23. The molecule has 0 aliphatic heterocycles. The van der Waals surface area contributed by atoms with E-state index in [9.17, 15) is 0 Å². The van der Waals surface area contributed by atoms with Crippen molar-refractivity contribution in [2.75, 3.05) is 0 Å². The van der Waals surface area contributed by atoms with Gasteiger partial charge in [0.2, 0.25) is 11.7 Å². The molecule has 2 N–H and O–H groups in total. The van der Waals surface area contributed by atoms with Crippen molar-refractivity contribution in [2.45, 2.75) is 19.9 Å². The quantitative estimate of drug-likeness (QED) is 0.939. The molecule has 0 fully saturated rings. The minimum absolute atomic E-state index is 0. The second-order valence-electron chi connectivity index (χ2n) is 4.24. The van der Waals surface area contributed by atoms with Crippen LogP contribution in [-0.2, 0) is 0 Å². The summed E-state index contributed by atoms with van der Waals surface area (Å²) in [4.78, 5) is 4.28. The van der Waals surface area contributed by atoms with Crippen molar-refractivity contribution in [3.63, 3.8) is 0 Å². The molecule has 0 saturated heterocycles. The summed E-state index contributed by atoms with van der Waals surface area (Å²) in [5.41, 5.74) is 6.76. The van der Waals surface area contributed by atoms with Crippen LogP contribution in [0.25, 0.3) is 11.4 Å². The van der Waals surface area contributed by atoms with Crippen LogP contribution in [0, 0.1) is 5.92 Å². The summed E-state index contributed by atoms with van der Waals surface area (Å²) in [7, 11) is 0. The molecule has 0 aliphatic carbocycles. The molecule has 0 radical (unpaired) electrons. The molecule has 0 bridgehead atoms. The van der Waals surface area contributed by atoms with Crippen LogP contribution in [0.15, 0.2) is 28.8 Å². The summed E-state index contributed by atoms with van der Waals surface area (Å²) in [6.07, 6.45) is 0. The fourth-order valence-electron chi connectivity index (χ4n) is 1.40. The largest absolute Gasteiger partial charge is 0.337 e. The maximum Gasteiger partial charge on any atom is 0.244 e. The molecule has 1 atom stereocenters. The second-order valence-corrected chi connectivity index (χ2v) is 4.67. The fourth-order valence-corrected chi connectivity index (χ4v) is 1.59. The van der Waals surface area contributed by atoms with Crippen LogP contribution < -0.4 is 5.73 Å². The molecule has 0 saturated carbocycles. The summed E-state index contributed by atoms with van der Waals surface area (Å²) >= 11 is 5.90. The zero-order chi connectivity index (χ0) is 12.4. The van der Waals surface area contributed by atoms with Gasteiger partial charge in [0.15, 0.2) is 0 Å². The Balaban J connectivity index is 0.00000162. The lowest BCUT2D eigenvalue weighted by molar-refractivity contribution is 0.325. The zero-order valence-corrected chi connectivity index (χ0v) is 11.7. The Hall–Kier alpha value is -1.10. The maximum absolute atomic E-state index is 5.94. The first-order valence-electron chi connectivity index (χ1n) is 5.43. The molecule has 0 aliphatic rings. The molecule has 0 amide bonds. The van der Waals surface area contributed by atoms with Gasteiger partial charge < -0.3 is 10.3 Å². The van der Waals surface area contributed by atoms with E-state index in [1.54, 1.807) is 12.1 Å². The van der Waals surface area contributed by atoms with E-state index in [-0.39, 0.29) is 24.4 Å². The van der Waals surface area contributed by atoms with Crippen molar-refractivity contribution in [3.05, 3.63) is 35.2 Å². The Bertz CT molecular complexity index is 514. The highest BCUT2D eigenvalue weighted by Gasteiger charge is 2.18. The number of halogens is 2. The highest BCUT2D eigenvalue weighted by molar-refractivity contribution is 6.30.